The summed E-state index contributed by atoms with van der Waals surface area (Å²) in [5.74, 6) is 0.966. The Morgan fingerprint density at radius 1 is 1.18 bits per heavy atom. The van der Waals surface area contributed by atoms with Crippen LogP contribution in [0.25, 0.3) is 16.6 Å². The maximum Gasteiger partial charge on any atom is 0.261 e. The number of ether oxygens (including phenoxy) is 1. The highest BCUT2D eigenvalue weighted by atomic mass is 16.5. The minimum Gasteiger partial charge on any atom is -0.491 e. The van der Waals surface area contributed by atoms with Crippen LogP contribution in [0, 0.1) is 5.92 Å². The summed E-state index contributed by atoms with van der Waals surface area (Å²) < 4.78 is 9.77. The zero-order valence-electron chi connectivity index (χ0n) is 18.4. The molecule has 0 spiro atoms. The van der Waals surface area contributed by atoms with Gasteiger partial charge in [0.2, 0.25) is 0 Å². The molecule has 9 nitrogen and oxygen atoms in total. The molecule has 2 aliphatic carbocycles. The maximum absolute atomic E-state index is 13.1. The van der Waals surface area contributed by atoms with Crippen LogP contribution in [0.3, 0.4) is 0 Å². The van der Waals surface area contributed by atoms with Gasteiger partial charge in [0, 0.05) is 36.1 Å². The van der Waals surface area contributed by atoms with Crippen molar-refractivity contribution >= 4 is 28.1 Å². The average molecular weight is 446 g/mol. The molecular weight excluding hydrogens is 418 g/mol. The Kier molecular flexibility index (Phi) is 4.98. The lowest BCUT2D eigenvalue weighted by atomic mass is 9.92. The van der Waals surface area contributed by atoms with Gasteiger partial charge in [0.25, 0.3) is 5.91 Å². The van der Waals surface area contributed by atoms with E-state index in [2.05, 4.69) is 26.3 Å². The van der Waals surface area contributed by atoms with Crippen LogP contribution in [0.1, 0.15) is 54.9 Å². The number of carbonyl (C=O) groups is 1. The molecule has 0 aliphatic heterocycles. The quantitative estimate of drug-likeness (QED) is 0.469. The van der Waals surface area contributed by atoms with Crippen molar-refractivity contribution in [3.8, 4) is 5.75 Å². The third-order valence-corrected chi connectivity index (χ3v) is 6.68. The summed E-state index contributed by atoms with van der Waals surface area (Å²) >= 11 is 0. The summed E-state index contributed by atoms with van der Waals surface area (Å²) in [6.07, 6.45) is 13.5. The summed E-state index contributed by atoms with van der Waals surface area (Å²) in [7, 11) is 0. The molecule has 0 atom stereocenters. The van der Waals surface area contributed by atoms with Gasteiger partial charge in [0.15, 0.2) is 5.65 Å². The molecule has 2 saturated carbocycles. The molecule has 0 radical (unpaired) electrons. The Morgan fingerprint density at radius 3 is 2.85 bits per heavy atom. The number of anilines is 1. The molecular formula is C24H27N7O2. The smallest absolute Gasteiger partial charge is 0.261 e. The maximum atomic E-state index is 13.1. The van der Waals surface area contributed by atoms with Gasteiger partial charge in [-0.1, -0.05) is 0 Å². The van der Waals surface area contributed by atoms with E-state index < -0.39 is 0 Å². The minimum absolute atomic E-state index is 0.270. The molecule has 3 heterocycles. The Bertz CT molecular complexity index is 1320. The van der Waals surface area contributed by atoms with Crippen LogP contribution >= 0.6 is 0 Å². The molecule has 0 saturated heterocycles. The number of fused-ring (bicyclic) bond motifs is 2. The fourth-order valence-electron chi connectivity index (χ4n) is 4.51. The molecule has 4 aromatic rings. The normalized spacial score (nSPS) is 20.9. The van der Waals surface area contributed by atoms with Crippen LogP contribution in [0.5, 0.6) is 5.75 Å². The summed E-state index contributed by atoms with van der Waals surface area (Å²) in [5, 5.41) is 13.1. The van der Waals surface area contributed by atoms with Gasteiger partial charge >= 0.3 is 0 Å². The lowest BCUT2D eigenvalue weighted by molar-refractivity contribution is 0.102. The SMILES string of the molecule is NC1CCC(n2cc3cc(NC(=O)c4cnn5cccnc45)c(OCC4CC4)cc3n2)CC1. The van der Waals surface area contributed by atoms with E-state index in [1.54, 1.807) is 23.0 Å². The Labute approximate surface area is 190 Å². The third kappa shape index (κ3) is 4.04. The van der Waals surface area contributed by atoms with Crippen LogP contribution in [0.2, 0.25) is 0 Å². The van der Waals surface area contributed by atoms with E-state index in [4.69, 9.17) is 15.6 Å². The minimum atomic E-state index is -0.270. The molecule has 2 fully saturated rings. The van der Waals surface area contributed by atoms with Crippen LogP contribution in [0.4, 0.5) is 5.69 Å². The largest absolute Gasteiger partial charge is 0.491 e. The monoisotopic (exact) mass is 445 g/mol. The first-order chi connectivity index (χ1) is 16.1. The van der Waals surface area contributed by atoms with E-state index in [9.17, 15) is 4.79 Å². The number of aromatic nitrogens is 5. The number of benzene rings is 1. The molecule has 33 heavy (non-hydrogen) atoms. The number of hydrogen-bond donors (Lipinski definition) is 2. The fourth-order valence-corrected chi connectivity index (χ4v) is 4.51. The molecule has 6 rings (SSSR count). The standard InChI is InChI=1S/C24H27N7O2/c25-17-4-6-18(7-5-17)31-13-16-10-21(22(11-20(16)29-31)33-14-15-2-3-15)28-24(32)19-12-27-30-9-1-8-26-23(19)30/h1,8-13,15,17-18H,2-7,14,25H2,(H,28,32). The van der Waals surface area contributed by atoms with Gasteiger partial charge in [0.05, 0.1) is 30.0 Å². The van der Waals surface area contributed by atoms with Crippen LogP contribution in [-0.4, -0.2) is 42.9 Å². The van der Waals surface area contributed by atoms with Gasteiger partial charge in [-0.25, -0.2) is 9.50 Å². The number of hydrogen-bond acceptors (Lipinski definition) is 6. The van der Waals surface area contributed by atoms with Gasteiger partial charge in [-0.05, 0) is 56.6 Å². The van der Waals surface area contributed by atoms with Gasteiger partial charge in [-0.2, -0.15) is 10.2 Å². The molecule has 0 bridgehead atoms. The number of amides is 1. The lowest BCUT2D eigenvalue weighted by Gasteiger charge is -2.26. The van der Waals surface area contributed by atoms with Crippen molar-refractivity contribution in [3.63, 3.8) is 0 Å². The van der Waals surface area contributed by atoms with Gasteiger partial charge < -0.3 is 15.8 Å². The summed E-state index contributed by atoms with van der Waals surface area (Å²) in [6, 6.07) is 6.32. The fraction of sp³-hybridized carbons (Fsp3) is 0.417. The Morgan fingerprint density at radius 2 is 2.03 bits per heavy atom. The third-order valence-electron chi connectivity index (χ3n) is 6.68. The number of nitrogens with zero attached hydrogens (tertiary/aromatic N) is 5. The zero-order valence-corrected chi connectivity index (χ0v) is 18.4. The number of rotatable bonds is 6. The highest BCUT2D eigenvalue weighted by molar-refractivity contribution is 6.09. The first kappa shape index (κ1) is 20.2. The lowest BCUT2D eigenvalue weighted by Crippen LogP contribution is -2.27. The van der Waals surface area contributed by atoms with E-state index in [0.717, 1.165) is 36.6 Å². The number of carbonyl (C=O) groups excluding carboxylic acids is 1. The highest BCUT2D eigenvalue weighted by Crippen LogP contribution is 2.36. The van der Waals surface area contributed by atoms with Crippen LogP contribution < -0.4 is 15.8 Å². The molecule has 1 amide bonds. The predicted molar refractivity (Wildman–Crippen MR) is 124 cm³/mol. The first-order valence-corrected chi connectivity index (χ1v) is 11.6. The molecule has 0 unspecified atom stereocenters. The van der Waals surface area contributed by atoms with E-state index in [1.807, 2.05) is 12.1 Å². The summed E-state index contributed by atoms with van der Waals surface area (Å²) in [5.41, 5.74) is 8.51. The Hall–Kier alpha value is -3.46. The van der Waals surface area contributed by atoms with Crippen molar-refractivity contribution in [2.24, 2.45) is 11.7 Å². The van der Waals surface area contributed by atoms with E-state index in [0.29, 0.717) is 47.3 Å². The van der Waals surface area contributed by atoms with Crippen molar-refractivity contribution in [2.45, 2.75) is 50.6 Å². The molecule has 2 aliphatic rings. The zero-order chi connectivity index (χ0) is 22.4. The van der Waals surface area contributed by atoms with Crippen molar-refractivity contribution in [1.29, 1.82) is 0 Å². The second kappa shape index (κ2) is 8.15. The van der Waals surface area contributed by atoms with Crippen molar-refractivity contribution in [1.82, 2.24) is 24.4 Å². The number of nitrogens with two attached hydrogens (primary N) is 1. The summed E-state index contributed by atoms with van der Waals surface area (Å²) in [6.45, 7) is 0.647. The van der Waals surface area contributed by atoms with Crippen LogP contribution in [0.15, 0.2) is 43.0 Å². The van der Waals surface area contributed by atoms with Gasteiger partial charge in [0.1, 0.15) is 11.3 Å². The predicted octanol–water partition coefficient (Wildman–Crippen LogP) is 3.56. The molecule has 170 valence electrons. The molecule has 1 aromatic carbocycles. The Balaban J connectivity index is 1.32. The van der Waals surface area contributed by atoms with Crippen molar-refractivity contribution in [3.05, 3.63) is 48.5 Å². The van der Waals surface area contributed by atoms with E-state index in [-0.39, 0.29) is 5.91 Å². The molecule has 3 aromatic heterocycles. The van der Waals surface area contributed by atoms with Gasteiger partial charge in [-0.15, -0.1) is 0 Å². The van der Waals surface area contributed by atoms with Gasteiger partial charge in [-0.3, -0.25) is 9.48 Å². The number of nitrogens with one attached hydrogen (secondary N) is 1. The van der Waals surface area contributed by atoms with Crippen molar-refractivity contribution < 1.29 is 9.53 Å². The van der Waals surface area contributed by atoms with Crippen molar-refractivity contribution in [2.75, 3.05) is 11.9 Å². The van der Waals surface area contributed by atoms with Crippen LogP contribution in [-0.2, 0) is 0 Å². The second-order valence-corrected chi connectivity index (χ2v) is 9.24. The molecule has 3 N–H and O–H groups in total. The topological polar surface area (TPSA) is 112 Å². The average Bonchev–Trinajstić information content (AvgIpc) is 3.40. The highest BCUT2D eigenvalue weighted by Gasteiger charge is 2.25. The summed E-state index contributed by atoms with van der Waals surface area (Å²) in [4.78, 5) is 17.4. The molecule has 9 heteroatoms. The second-order valence-electron chi connectivity index (χ2n) is 9.24. The first-order valence-electron chi connectivity index (χ1n) is 11.6. The van der Waals surface area contributed by atoms with E-state index >= 15 is 0 Å². The van der Waals surface area contributed by atoms with E-state index in [1.165, 1.54) is 19.0 Å².